The van der Waals surface area contributed by atoms with Crippen molar-refractivity contribution in [3.63, 3.8) is 0 Å². The summed E-state index contributed by atoms with van der Waals surface area (Å²) >= 11 is 6.32. The summed E-state index contributed by atoms with van der Waals surface area (Å²) in [5.41, 5.74) is 3.71. The van der Waals surface area contributed by atoms with Gasteiger partial charge in [-0.15, -0.1) is 0 Å². The third-order valence-corrected chi connectivity index (χ3v) is 5.26. The SMILES string of the molecule is Cc1ccc(CC(=O)N(Cc2ccccc2Cl)[C@H](C)C(=O)NC(C)(C)C)cc1C. The van der Waals surface area contributed by atoms with Crippen LogP contribution in [-0.2, 0) is 22.6 Å². The number of hydrogen-bond acceptors (Lipinski definition) is 2. The van der Waals surface area contributed by atoms with Crippen LogP contribution in [0.15, 0.2) is 42.5 Å². The highest BCUT2D eigenvalue weighted by Crippen LogP contribution is 2.20. The molecule has 1 N–H and O–H groups in total. The minimum atomic E-state index is -0.621. The third kappa shape index (κ3) is 6.60. The molecule has 0 radical (unpaired) electrons. The molecule has 156 valence electrons. The van der Waals surface area contributed by atoms with Gasteiger partial charge in [-0.1, -0.05) is 48.0 Å². The van der Waals surface area contributed by atoms with Crippen LogP contribution in [0.1, 0.15) is 49.9 Å². The molecule has 0 aromatic heterocycles. The Balaban J connectivity index is 2.29. The molecular weight excluding hydrogens is 384 g/mol. The summed E-state index contributed by atoms with van der Waals surface area (Å²) in [6.07, 6.45) is 0.235. The Kier molecular flexibility index (Phi) is 7.48. The van der Waals surface area contributed by atoms with Gasteiger partial charge in [0, 0.05) is 17.1 Å². The molecule has 0 saturated carbocycles. The summed E-state index contributed by atoms with van der Waals surface area (Å²) in [5.74, 6) is -0.289. The molecule has 0 aliphatic carbocycles. The summed E-state index contributed by atoms with van der Waals surface area (Å²) in [6, 6.07) is 12.8. The number of carbonyl (C=O) groups is 2. The topological polar surface area (TPSA) is 49.4 Å². The quantitative estimate of drug-likeness (QED) is 0.735. The largest absolute Gasteiger partial charge is 0.350 e. The van der Waals surface area contributed by atoms with Crippen molar-refractivity contribution in [1.29, 1.82) is 0 Å². The Bertz CT molecular complexity index is 887. The molecule has 2 rings (SSSR count). The van der Waals surface area contributed by atoms with Crippen LogP contribution in [0.25, 0.3) is 0 Å². The van der Waals surface area contributed by atoms with Crippen LogP contribution in [0.4, 0.5) is 0 Å². The Morgan fingerprint density at radius 1 is 1.07 bits per heavy atom. The first-order valence-corrected chi connectivity index (χ1v) is 10.3. The fourth-order valence-corrected chi connectivity index (χ4v) is 3.25. The predicted octanol–water partition coefficient (Wildman–Crippen LogP) is 4.83. The van der Waals surface area contributed by atoms with Gasteiger partial charge in [-0.25, -0.2) is 0 Å². The van der Waals surface area contributed by atoms with Crippen molar-refractivity contribution in [2.45, 2.75) is 66.1 Å². The minimum Gasteiger partial charge on any atom is -0.350 e. The van der Waals surface area contributed by atoms with Gasteiger partial charge >= 0.3 is 0 Å². The molecule has 2 amide bonds. The lowest BCUT2D eigenvalue weighted by molar-refractivity contribution is -0.140. The van der Waals surface area contributed by atoms with Crippen molar-refractivity contribution >= 4 is 23.4 Å². The van der Waals surface area contributed by atoms with E-state index in [1.165, 1.54) is 5.56 Å². The van der Waals surface area contributed by atoms with Gasteiger partial charge in [-0.05, 0) is 69.9 Å². The third-order valence-electron chi connectivity index (χ3n) is 4.89. The number of hydrogen-bond donors (Lipinski definition) is 1. The summed E-state index contributed by atoms with van der Waals surface area (Å²) < 4.78 is 0. The van der Waals surface area contributed by atoms with E-state index < -0.39 is 6.04 Å². The van der Waals surface area contributed by atoms with E-state index in [1.807, 2.05) is 71.0 Å². The normalized spacial score (nSPS) is 12.4. The molecule has 0 heterocycles. The van der Waals surface area contributed by atoms with Crippen molar-refractivity contribution < 1.29 is 9.59 Å². The summed E-state index contributed by atoms with van der Waals surface area (Å²) in [7, 11) is 0. The van der Waals surface area contributed by atoms with Crippen LogP contribution >= 0.6 is 11.6 Å². The van der Waals surface area contributed by atoms with Crippen molar-refractivity contribution in [3.05, 3.63) is 69.7 Å². The first-order valence-electron chi connectivity index (χ1n) is 9.89. The van der Waals surface area contributed by atoms with E-state index in [2.05, 4.69) is 5.32 Å². The average Bonchev–Trinajstić information content (AvgIpc) is 2.62. The van der Waals surface area contributed by atoms with Gasteiger partial charge in [0.05, 0.1) is 6.42 Å². The molecule has 29 heavy (non-hydrogen) atoms. The maximum Gasteiger partial charge on any atom is 0.242 e. The van der Waals surface area contributed by atoms with Crippen molar-refractivity contribution in [2.24, 2.45) is 0 Å². The number of halogens is 1. The molecule has 2 aromatic rings. The van der Waals surface area contributed by atoms with Gasteiger partial charge in [-0.3, -0.25) is 9.59 Å². The second kappa shape index (κ2) is 9.45. The lowest BCUT2D eigenvalue weighted by Crippen LogP contribution is -2.52. The molecule has 0 saturated heterocycles. The lowest BCUT2D eigenvalue weighted by Gasteiger charge is -2.31. The van der Waals surface area contributed by atoms with Crippen LogP contribution in [-0.4, -0.2) is 28.3 Å². The number of rotatable bonds is 6. The van der Waals surface area contributed by atoms with Crippen molar-refractivity contribution in [1.82, 2.24) is 10.2 Å². The number of benzene rings is 2. The number of nitrogens with zero attached hydrogens (tertiary/aromatic N) is 1. The molecule has 0 unspecified atom stereocenters. The molecule has 0 bridgehead atoms. The Morgan fingerprint density at radius 2 is 1.72 bits per heavy atom. The Morgan fingerprint density at radius 3 is 2.31 bits per heavy atom. The van der Waals surface area contributed by atoms with Gasteiger partial charge in [0.15, 0.2) is 0 Å². The van der Waals surface area contributed by atoms with Crippen LogP contribution in [0, 0.1) is 13.8 Å². The van der Waals surface area contributed by atoms with E-state index in [1.54, 1.807) is 17.9 Å². The fraction of sp³-hybridized carbons (Fsp3) is 0.417. The molecule has 5 heteroatoms. The highest BCUT2D eigenvalue weighted by atomic mass is 35.5. The van der Waals surface area contributed by atoms with Crippen molar-refractivity contribution in [3.8, 4) is 0 Å². The molecular formula is C24H31ClN2O2. The zero-order valence-corrected chi connectivity index (χ0v) is 18.9. The Labute approximate surface area is 179 Å². The smallest absolute Gasteiger partial charge is 0.242 e. The minimum absolute atomic E-state index is 0.107. The van der Waals surface area contributed by atoms with E-state index in [0.717, 1.165) is 16.7 Å². The number of aryl methyl sites for hydroxylation is 2. The molecule has 0 fully saturated rings. The number of amides is 2. The number of nitrogens with one attached hydrogen (secondary N) is 1. The first kappa shape index (κ1) is 23.0. The van der Waals surface area contributed by atoms with E-state index in [-0.39, 0.29) is 30.3 Å². The summed E-state index contributed by atoms with van der Waals surface area (Å²) in [6.45, 7) is 11.9. The molecule has 1 atom stereocenters. The molecule has 2 aromatic carbocycles. The van der Waals surface area contributed by atoms with Gasteiger partial charge in [0.1, 0.15) is 6.04 Å². The van der Waals surface area contributed by atoms with Gasteiger partial charge in [0.2, 0.25) is 11.8 Å². The highest BCUT2D eigenvalue weighted by Gasteiger charge is 2.28. The monoisotopic (exact) mass is 414 g/mol. The summed E-state index contributed by atoms with van der Waals surface area (Å²) in [5, 5.41) is 3.55. The molecule has 0 aliphatic rings. The van der Waals surface area contributed by atoms with Crippen LogP contribution in [0.2, 0.25) is 5.02 Å². The van der Waals surface area contributed by atoms with E-state index in [0.29, 0.717) is 5.02 Å². The average molecular weight is 415 g/mol. The van der Waals surface area contributed by atoms with Crippen LogP contribution in [0.3, 0.4) is 0 Å². The molecule has 4 nitrogen and oxygen atoms in total. The maximum atomic E-state index is 13.2. The Hall–Kier alpha value is -2.33. The zero-order valence-electron chi connectivity index (χ0n) is 18.2. The lowest BCUT2D eigenvalue weighted by atomic mass is 10.0. The number of carbonyl (C=O) groups excluding carboxylic acids is 2. The second-order valence-electron chi connectivity index (χ2n) is 8.62. The van der Waals surface area contributed by atoms with Crippen LogP contribution < -0.4 is 5.32 Å². The van der Waals surface area contributed by atoms with Crippen molar-refractivity contribution in [2.75, 3.05) is 0 Å². The van der Waals surface area contributed by atoms with Gasteiger partial charge in [-0.2, -0.15) is 0 Å². The second-order valence-corrected chi connectivity index (χ2v) is 9.03. The zero-order chi connectivity index (χ0) is 21.8. The van der Waals surface area contributed by atoms with Crippen LogP contribution in [0.5, 0.6) is 0 Å². The molecule has 0 spiro atoms. The van der Waals surface area contributed by atoms with Gasteiger partial charge in [0.25, 0.3) is 0 Å². The summed E-state index contributed by atoms with van der Waals surface area (Å²) in [4.78, 5) is 27.6. The standard InChI is InChI=1S/C24H31ClN2O2/c1-16-11-12-19(13-17(16)2)14-22(28)27(15-20-9-7-8-10-21(20)25)18(3)23(29)26-24(4,5)6/h7-13,18H,14-15H2,1-6H3,(H,26,29)/t18-/m1/s1. The fourth-order valence-electron chi connectivity index (χ4n) is 3.06. The predicted molar refractivity (Wildman–Crippen MR) is 119 cm³/mol. The van der Waals surface area contributed by atoms with Gasteiger partial charge < -0.3 is 10.2 Å². The first-order chi connectivity index (χ1) is 13.5. The highest BCUT2D eigenvalue weighted by molar-refractivity contribution is 6.31. The molecule has 0 aliphatic heterocycles. The van der Waals surface area contributed by atoms with E-state index in [4.69, 9.17) is 11.6 Å². The van der Waals surface area contributed by atoms with E-state index in [9.17, 15) is 9.59 Å². The maximum absolute atomic E-state index is 13.2. The van der Waals surface area contributed by atoms with E-state index >= 15 is 0 Å².